The number of hydrogen-bond donors (Lipinski definition) is 0. The van der Waals surface area contributed by atoms with Crippen molar-refractivity contribution in [3.8, 4) is 5.75 Å². The zero-order valence-corrected chi connectivity index (χ0v) is 10.4. The Kier molecular flexibility index (Phi) is 4.40. The summed E-state index contributed by atoms with van der Waals surface area (Å²) in [5, 5.41) is 0. The van der Waals surface area contributed by atoms with E-state index in [2.05, 4.69) is 0 Å². The molecule has 0 bridgehead atoms. The topological polar surface area (TPSA) is 26.3 Å². The molecule has 0 N–H and O–H groups in total. The Morgan fingerprint density at radius 2 is 1.65 bits per heavy atom. The first-order valence-corrected chi connectivity index (χ1v) is 5.90. The van der Waals surface area contributed by atoms with Crippen LogP contribution in [-0.4, -0.2) is 12.4 Å². The number of benzene rings is 2. The second kappa shape index (κ2) is 6.23. The summed E-state index contributed by atoms with van der Waals surface area (Å²) in [5.74, 6) is -3.46. The summed E-state index contributed by atoms with van der Waals surface area (Å²) >= 11 is 0. The minimum atomic E-state index is -1.15. The Morgan fingerprint density at radius 3 is 2.40 bits per heavy atom. The molecule has 5 heteroatoms. The SMILES string of the molecule is O=C(COc1cccc(F)c1F)Cc1ccccc1F. The molecule has 0 aliphatic rings. The molecule has 0 fully saturated rings. The van der Waals surface area contributed by atoms with E-state index in [1.54, 1.807) is 6.07 Å². The maximum absolute atomic E-state index is 13.3. The van der Waals surface area contributed by atoms with Crippen molar-refractivity contribution in [2.75, 3.05) is 6.61 Å². The molecule has 2 rings (SSSR count). The van der Waals surface area contributed by atoms with Crippen LogP contribution in [0.4, 0.5) is 13.2 Å². The van der Waals surface area contributed by atoms with E-state index in [1.807, 2.05) is 0 Å². The highest BCUT2D eigenvalue weighted by Crippen LogP contribution is 2.19. The maximum Gasteiger partial charge on any atom is 0.200 e. The van der Waals surface area contributed by atoms with Crippen LogP contribution in [0.15, 0.2) is 42.5 Å². The molecule has 0 aliphatic heterocycles. The molecule has 0 radical (unpaired) electrons. The molecule has 0 heterocycles. The van der Waals surface area contributed by atoms with Gasteiger partial charge in [0.05, 0.1) is 0 Å². The Bertz CT molecular complexity index is 626. The predicted octanol–water partition coefficient (Wildman–Crippen LogP) is 3.29. The smallest absolute Gasteiger partial charge is 0.200 e. The normalized spacial score (nSPS) is 10.3. The lowest BCUT2D eigenvalue weighted by Gasteiger charge is -2.07. The third-order valence-corrected chi connectivity index (χ3v) is 2.65. The lowest BCUT2D eigenvalue weighted by atomic mass is 10.1. The summed E-state index contributed by atoms with van der Waals surface area (Å²) in [6.07, 6.45) is -0.163. The van der Waals surface area contributed by atoms with Crippen molar-refractivity contribution < 1.29 is 22.7 Å². The van der Waals surface area contributed by atoms with E-state index in [0.717, 1.165) is 6.07 Å². The van der Waals surface area contributed by atoms with Crippen LogP contribution in [0.3, 0.4) is 0 Å². The van der Waals surface area contributed by atoms with Gasteiger partial charge in [-0.15, -0.1) is 0 Å². The van der Waals surface area contributed by atoms with Crippen LogP contribution in [0.1, 0.15) is 5.56 Å². The van der Waals surface area contributed by atoms with Crippen molar-refractivity contribution in [3.63, 3.8) is 0 Å². The largest absolute Gasteiger partial charge is 0.483 e. The fourth-order valence-corrected chi connectivity index (χ4v) is 1.66. The van der Waals surface area contributed by atoms with Gasteiger partial charge in [0.15, 0.2) is 17.3 Å². The van der Waals surface area contributed by atoms with E-state index in [0.29, 0.717) is 0 Å². The van der Waals surface area contributed by atoms with Gasteiger partial charge in [-0.25, -0.2) is 8.78 Å². The Balaban J connectivity index is 1.96. The molecule has 0 atom stereocenters. The van der Waals surface area contributed by atoms with Gasteiger partial charge in [0.2, 0.25) is 5.82 Å². The number of ketones is 1. The molecule has 20 heavy (non-hydrogen) atoms. The van der Waals surface area contributed by atoms with Gasteiger partial charge in [0.1, 0.15) is 12.4 Å². The number of hydrogen-bond acceptors (Lipinski definition) is 2. The zero-order chi connectivity index (χ0) is 14.5. The van der Waals surface area contributed by atoms with Crippen LogP contribution in [0.2, 0.25) is 0 Å². The third kappa shape index (κ3) is 3.38. The Morgan fingerprint density at radius 1 is 0.950 bits per heavy atom. The number of carbonyl (C=O) groups excluding carboxylic acids is 1. The van der Waals surface area contributed by atoms with Crippen molar-refractivity contribution >= 4 is 5.78 Å². The van der Waals surface area contributed by atoms with E-state index in [-0.39, 0.29) is 17.7 Å². The molecule has 0 unspecified atom stereocenters. The number of Topliss-reactive ketones (excluding diaryl/α,β-unsaturated/α-hetero) is 1. The maximum atomic E-state index is 13.3. The average molecular weight is 280 g/mol. The first-order valence-electron chi connectivity index (χ1n) is 5.90. The fourth-order valence-electron chi connectivity index (χ4n) is 1.66. The summed E-state index contributed by atoms with van der Waals surface area (Å²) in [7, 11) is 0. The summed E-state index contributed by atoms with van der Waals surface area (Å²) in [5.41, 5.74) is 0.237. The lowest BCUT2D eigenvalue weighted by Crippen LogP contribution is -2.15. The van der Waals surface area contributed by atoms with E-state index >= 15 is 0 Å². The molecule has 104 valence electrons. The van der Waals surface area contributed by atoms with Crippen molar-refractivity contribution in [3.05, 3.63) is 65.5 Å². The standard InChI is InChI=1S/C15H11F3O2/c16-12-5-2-1-4-10(12)8-11(19)9-20-14-7-3-6-13(17)15(14)18/h1-7H,8-9H2. The van der Waals surface area contributed by atoms with E-state index in [4.69, 9.17) is 4.74 Å². The first-order chi connectivity index (χ1) is 9.58. The highest BCUT2D eigenvalue weighted by atomic mass is 19.2. The lowest BCUT2D eigenvalue weighted by molar-refractivity contribution is -0.120. The van der Waals surface area contributed by atoms with Gasteiger partial charge in [-0.05, 0) is 23.8 Å². The Labute approximate surface area is 113 Å². The van der Waals surface area contributed by atoms with Crippen molar-refractivity contribution in [2.45, 2.75) is 6.42 Å². The summed E-state index contributed by atoms with van der Waals surface area (Å²) < 4.78 is 44.4. The molecule has 0 saturated heterocycles. The van der Waals surface area contributed by atoms with Gasteiger partial charge >= 0.3 is 0 Å². The second-order valence-electron chi connectivity index (χ2n) is 4.15. The zero-order valence-electron chi connectivity index (χ0n) is 10.4. The molecule has 0 aliphatic carbocycles. The minimum absolute atomic E-state index is 0.163. The molecule has 2 aromatic rings. The van der Waals surface area contributed by atoms with Crippen molar-refractivity contribution in [1.82, 2.24) is 0 Å². The van der Waals surface area contributed by atoms with Gasteiger partial charge in [-0.3, -0.25) is 4.79 Å². The Hall–Kier alpha value is -2.30. The predicted molar refractivity (Wildman–Crippen MR) is 67.0 cm³/mol. The third-order valence-electron chi connectivity index (χ3n) is 2.65. The van der Waals surface area contributed by atoms with E-state index in [1.165, 1.54) is 30.3 Å². The van der Waals surface area contributed by atoms with Crippen molar-refractivity contribution in [2.24, 2.45) is 0 Å². The quantitative estimate of drug-likeness (QED) is 0.840. The monoisotopic (exact) mass is 280 g/mol. The highest BCUT2D eigenvalue weighted by Gasteiger charge is 2.12. The first kappa shape index (κ1) is 14.1. The molecule has 2 aromatic carbocycles. The molecule has 0 spiro atoms. The van der Waals surface area contributed by atoms with Gasteiger partial charge < -0.3 is 4.74 Å². The minimum Gasteiger partial charge on any atom is -0.483 e. The molecule has 0 saturated carbocycles. The molecule has 0 aromatic heterocycles. The molecular weight excluding hydrogens is 269 g/mol. The second-order valence-corrected chi connectivity index (χ2v) is 4.15. The van der Waals surface area contributed by atoms with Crippen LogP contribution in [0.5, 0.6) is 5.75 Å². The van der Waals surface area contributed by atoms with Gasteiger partial charge in [0.25, 0.3) is 0 Å². The summed E-state index contributed by atoms with van der Waals surface area (Å²) in [6.45, 7) is -0.450. The number of halogens is 3. The van der Waals surface area contributed by atoms with Crippen LogP contribution in [0, 0.1) is 17.5 Å². The average Bonchev–Trinajstić information content (AvgIpc) is 2.43. The molecule has 2 nitrogen and oxygen atoms in total. The van der Waals surface area contributed by atoms with Crippen molar-refractivity contribution in [1.29, 1.82) is 0 Å². The van der Waals surface area contributed by atoms with Crippen LogP contribution in [0.25, 0.3) is 0 Å². The number of ether oxygens (including phenoxy) is 1. The summed E-state index contributed by atoms with van der Waals surface area (Å²) in [6, 6.07) is 9.29. The molecule has 0 amide bonds. The van der Waals surface area contributed by atoms with Crippen LogP contribution >= 0.6 is 0 Å². The van der Waals surface area contributed by atoms with Gasteiger partial charge in [0, 0.05) is 6.42 Å². The van der Waals surface area contributed by atoms with Gasteiger partial charge in [-0.1, -0.05) is 24.3 Å². The molecular formula is C15H11F3O2. The van der Waals surface area contributed by atoms with Gasteiger partial charge in [-0.2, -0.15) is 4.39 Å². The van der Waals surface area contributed by atoms with E-state index < -0.39 is 29.8 Å². The van der Waals surface area contributed by atoms with Crippen LogP contribution in [-0.2, 0) is 11.2 Å². The summed E-state index contributed by atoms with van der Waals surface area (Å²) in [4.78, 5) is 11.6. The number of carbonyl (C=O) groups is 1. The van der Waals surface area contributed by atoms with Crippen LogP contribution < -0.4 is 4.74 Å². The highest BCUT2D eigenvalue weighted by molar-refractivity contribution is 5.82. The van der Waals surface area contributed by atoms with E-state index in [9.17, 15) is 18.0 Å². The number of rotatable bonds is 5. The fraction of sp³-hybridized carbons (Fsp3) is 0.133.